The molecule has 2 aliphatic heterocycles. The van der Waals surface area contributed by atoms with Gasteiger partial charge in [0.1, 0.15) is 11.5 Å². The van der Waals surface area contributed by atoms with E-state index in [0.29, 0.717) is 11.3 Å². The lowest BCUT2D eigenvalue weighted by Gasteiger charge is -2.38. The number of nitrogens with zero attached hydrogens (tertiary/aromatic N) is 2. The maximum absolute atomic E-state index is 12.5. The maximum Gasteiger partial charge on any atom is 0.343 e. The first kappa shape index (κ1) is 22.6. The third-order valence-electron chi connectivity index (χ3n) is 6.54. The Kier molecular flexibility index (Phi) is 5.82. The van der Waals surface area contributed by atoms with Crippen LogP contribution in [0.3, 0.4) is 0 Å². The normalized spacial score (nSPS) is 18.1. The molecular formula is C30H23BrN2O3. The number of hydrazone groups is 1. The largest absolute Gasteiger partial charge is 0.464 e. The van der Waals surface area contributed by atoms with Gasteiger partial charge in [-0.3, -0.25) is 0 Å². The third kappa shape index (κ3) is 4.29. The predicted octanol–water partition coefficient (Wildman–Crippen LogP) is 7.22. The average molecular weight is 539 g/mol. The Hall–Kier alpha value is -3.90. The van der Waals surface area contributed by atoms with Gasteiger partial charge in [0.15, 0.2) is 0 Å². The van der Waals surface area contributed by atoms with Crippen LogP contribution in [0.1, 0.15) is 51.3 Å². The SMILES string of the molecule is Cc1ccc(C2=NN3C(C2)c2ccccc2OC3c2ccc(OC(=O)c3ccc(Br)cc3)cc2)cc1. The fourth-order valence-corrected chi connectivity index (χ4v) is 4.89. The fourth-order valence-electron chi connectivity index (χ4n) is 4.63. The highest BCUT2D eigenvalue weighted by molar-refractivity contribution is 9.10. The van der Waals surface area contributed by atoms with E-state index in [1.54, 1.807) is 24.3 Å². The van der Waals surface area contributed by atoms with E-state index in [2.05, 4.69) is 58.2 Å². The van der Waals surface area contributed by atoms with Gasteiger partial charge in [-0.15, -0.1) is 0 Å². The summed E-state index contributed by atoms with van der Waals surface area (Å²) in [5.41, 5.74) is 5.97. The summed E-state index contributed by atoms with van der Waals surface area (Å²) in [5.74, 6) is 0.949. The van der Waals surface area contributed by atoms with E-state index in [0.717, 1.165) is 39.0 Å². The summed E-state index contributed by atoms with van der Waals surface area (Å²) in [5, 5.41) is 7.08. The number of benzene rings is 4. The monoisotopic (exact) mass is 538 g/mol. The minimum atomic E-state index is -0.398. The van der Waals surface area contributed by atoms with Crippen molar-refractivity contribution in [3.63, 3.8) is 0 Å². The lowest BCUT2D eigenvalue weighted by Crippen LogP contribution is -2.33. The van der Waals surface area contributed by atoms with Crippen molar-refractivity contribution in [2.75, 3.05) is 0 Å². The molecule has 5 nitrogen and oxygen atoms in total. The summed E-state index contributed by atoms with van der Waals surface area (Å²) >= 11 is 3.38. The number of fused-ring (bicyclic) bond motifs is 3. The van der Waals surface area contributed by atoms with Gasteiger partial charge in [0.25, 0.3) is 0 Å². The van der Waals surface area contributed by atoms with E-state index < -0.39 is 5.97 Å². The van der Waals surface area contributed by atoms with Gasteiger partial charge in [0.2, 0.25) is 6.23 Å². The smallest absolute Gasteiger partial charge is 0.343 e. The van der Waals surface area contributed by atoms with Crippen molar-refractivity contribution in [2.45, 2.75) is 25.6 Å². The molecule has 0 amide bonds. The van der Waals surface area contributed by atoms with Crippen molar-refractivity contribution < 1.29 is 14.3 Å². The molecule has 0 fully saturated rings. The van der Waals surface area contributed by atoms with Gasteiger partial charge >= 0.3 is 5.97 Å². The minimum Gasteiger partial charge on any atom is -0.464 e. The Labute approximate surface area is 218 Å². The summed E-state index contributed by atoms with van der Waals surface area (Å²) in [7, 11) is 0. The van der Waals surface area contributed by atoms with E-state index in [1.807, 2.05) is 42.5 Å². The second-order valence-corrected chi connectivity index (χ2v) is 9.90. The molecule has 2 unspecified atom stereocenters. The molecule has 178 valence electrons. The second-order valence-electron chi connectivity index (χ2n) is 8.99. The van der Waals surface area contributed by atoms with Gasteiger partial charge in [-0.25, -0.2) is 9.80 Å². The van der Waals surface area contributed by atoms with Crippen LogP contribution in [0.25, 0.3) is 0 Å². The number of ether oxygens (including phenoxy) is 2. The van der Waals surface area contributed by atoms with Crippen molar-refractivity contribution in [1.29, 1.82) is 0 Å². The Morgan fingerprint density at radius 3 is 2.42 bits per heavy atom. The zero-order valence-corrected chi connectivity index (χ0v) is 21.2. The van der Waals surface area contributed by atoms with E-state index in [4.69, 9.17) is 14.6 Å². The molecule has 2 heterocycles. The number of hydrogen-bond acceptors (Lipinski definition) is 5. The molecule has 0 spiro atoms. The van der Waals surface area contributed by atoms with Crippen molar-refractivity contribution in [2.24, 2.45) is 5.10 Å². The van der Waals surface area contributed by atoms with Crippen LogP contribution in [-0.4, -0.2) is 16.7 Å². The Morgan fingerprint density at radius 1 is 0.944 bits per heavy atom. The highest BCUT2D eigenvalue weighted by Crippen LogP contribution is 2.47. The summed E-state index contributed by atoms with van der Waals surface area (Å²) in [6.07, 6.45) is 0.423. The molecular weight excluding hydrogens is 516 g/mol. The Morgan fingerprint density at radius 2 is 1.67 bits per heavy atom. The first-order chi connectivity index (χ1) is 17.5. The first-order valence-corrected chi connectivity index (χ1v) is 12.6. The molecule has 0 saturated carbocycles. The number of esters is 1. The summed E-state index contributed by atoms with van der Waals surface area (Å²) < 4.78 is 12.9. The molecule has 6 heteroatoms. The van der Waals surface area contributed by atoms with Crippen molar-refractivity contribution in [1.82, 2.24) is 5.01 Å². The highest BCUT2D eigenvalue weighted by atomic mass is 79.9. The topological polar surface area (TPSA) is 51.1 Å². The minimum absolute atomic E-state index is 0.0890. The van der Waals surface area contributed by atoms with Crippen molar-refractivity contribution >= 4 is 27.6 Å². The van der Waals surface area contributed by atoms with Crippen LogP contribution in [0.2, 0.25) is 0 Å². The van der Waals surface area contributed by atoms with E-state index in [9.17, 15) is 4.79 Å². The van der Waals surface area contributed by atoms with Gasteiger partial charge in [-0.2, -0.15) is 5.10 Å². The average Bonchev–Trinajstić information content (AvgIpc) is 3.35. The van der Waals surface area contributed by atoms with Crippen molar-refractivity contribution in [3.8, 4) is 11.5 Å². The van der Waals surface area contributed by atoms with Gasteiger partial charge in [-0.05, 0) is 67.1 Å². The van der Waals surface area contributed by atoms with Crippen LogP contribution in [0.4, 0.5) is 0 Å². The molecule has 0 saturated heterocycles. The standard InChI is InChI=1S/C30H23BrN2O3/c1-19-6-8-20(9-7-19)26-18-27-25-4-2-3-5-28(25)36-29(33(27)32-26)21-12-16-24(17-13-21)35-30(34)22-10-14-23(31)15-11-22/h2-17,27,29H,18H2,1H3. The molecule has 2 atom stereocenters. The van der Waals surface area contributed by atoms with Crippen molar-refractivity contribution in [3.05, 3.63) is 129 Å². The zero-order valence-electron chi connectivity index (χ0n) is 19.6. The van der Waals surface area contributed by atoms with Crippen LogP contribution >= 0.6 is 15.9 Å². The lowest BCUT2D eigenvalue weighted by molar-refractivity contribution is -0.0190. The molecule has 36 heavy (non-hydrogen) atoms. The van der Waals surface area contributed by atoms with Crippen LogP contribution in [0, 0.1) is 6.92 Å². The van der Waals surface area contributed by atoms with Crippen LogP contribution < -0.4 is 9.47 Å². The molecule has 4 aromatic rings. The number of halogens is 1. The van der Waals surface area contributed by atoms with E-state index in [1.165, 1.54) is 5.56 Å². The number of carbonyl (C=O) groups excluding carboxylic acids is 1. The third-order valence-corrected chi connectivity index (χ3v) is 7.07. The second kappa shape index (κ2) is 9.28. The van der Waals surface area contributed by atoms with Gasteiger partial charge in [0, 0.05) is 22.0 Å². The molecule has 2 aliphatic rings. The maximum atomic E-state index is 12.5. The van der Waals surface area contributed by atoms with Crippen LogP contribution in [0.5, 0.6) is 11.5 Å². The highest BCUT2D eigenvalue weighted by Gasteiger charge is 2.40. The molecule has 0 aliphatic carbocycles. The lowest BCUT2D eigenvalue weighted by atomic mass is 9.95. The van der Waals surface area contributed by atoms with Crippen LogP contribution in [-0.2, 0) is 0 Å². The van der Waals surface area contributed by atoms with Gasteiger partial charge in [0.05, 0.1) is 17.3 Å². The quantitative estimate of drug-likeness (QED) is 0.203. The molecule has 6 rings (SSSR count). The fraction of sp³-hybridized carbons (Fsp3) is 0.133. The number of carbonyl (C=O) groups is 1. The number of aryl methyl sites for hydroxylation is 1. The van der Waals surface area contributed by atoms with E-state index in [-0.39, 0.29) is 12.3 Å². The Balaban J connectivity index is 1.28. The number of hydrogen-bond donors (Lipinski definition) is 0. The summed E-state index contributed by atoms with van der Waals surface area (Å²) in [4.78, 5) is 12.5. The van der Waals surface area contributed by atoms with E-state index >= 15 is 0 Å². The Bertz CT molecular complexity index is 1450. The molecule has 0 radical (unpaired) electrons. The molecule has 0 bridgehead atoms. The van der Waals surface area contributed by atoms with Crippen LogP contribution in [0.15, 0.2) is 107 Å². The first-order valence-electron chi connectivity index (χ1n) is 11.8. The number of para-hydroxylation sites is 1. The van der Waals surface area contributed by atoms with Gasteiger partial charge < -0.3 is 9.47 Å². The summed E-state index contributed by atoms with van der Waals surface area (Å²) in [6, 6.07) is 31.3. The molecule has 0 aromatic heterocycles. The number of rotatable bonds is 4. The predicted molar refractivity (Wildman–Crippen MR) is 142 cm³/mol. The molecule has 4 aromatic carbocycles. The zero-order chi connectivity index (χ0) is 24.6. The molecule has 0 N–H and O–H groups in total. The van der Waals surface area contributed by atoms with Gasteiger partial charge in [-0.1, -0.05) is 64.0 Å². The summed E-state index contributed by atoms with van der Waals surface area (Å²) in [6.45, 7) is 2.09.